The van der Waals surface area contributed by atoms with Crippen LogP contribution < -0.4 is 0 Å². The molecule has 0 spiro atoms. The Hall–Kier alpha value is -1.37. The molecule has 1 fully saturated rings. The highest BCUT2D eigenvalue weighted by Gasteiger charge is 2.36. The van der Waals surface area contributed by atoms with Gasteiger partial charge >= 0.3 is 0 Å². The summed E-state index contributed by atoms with van der Waals surface area (Å²) in [6.07, 6.45) is 10.7. The van der Waals surface area contributed by atoms with E-state index in [1.54, 1.807) is 12.2 Å². The summed E-state index contributed by atoms with van der Waals surface area (Å²) in [5.41, 5.74) is 0. The molecule has 3 heteroatoms. The second-order valence-electron chi connectivity index (χ2n) is 4.06. The van der Waals surface area contributed by atoms with Gasteiger partial charge in [-0.1, -0.05) is 30.4 Å². The first kappa shape index (κ1) is 12.7. The van der Waals surface area contributed by atoms with E-state index in [9.17, 15) is 0 Å². The van der Waals surface area contributed by atoms with E-state index in [-0.39, 0.29) is 12.2 Å². The van der Waals surface area contributed by atoms with Crippen LogP contribution in [0.1, 0.15) is 20.8 Å². The molecule has 0 N–H and O–H groups in total. The van der Waals surface area contributed by atoms with E-state index in [0.29, 0.717) is 0 Å². The Kier molecular flexibility index (Phi) is 4.48. The van der Waals surface area contributed by atoms with Crippen molar-refractivity contribution in [1.82, 2.24) is 0 Å². The van der Waals surface area contributed by atoms with Crippen molar-refractivity contribution in [1.29, 1.82) is 5.26 Å². The Morgan fingerprint density at radius 1 is 1.12 bits per heavy atom. The summed E-state index contributed by atoms with van der Waals surface area (Å²) < 4.78 is 11.3. The van der Waals surface area contributed by atoms with Crippen molar-refractivity contribution in [3.05, 3.63) is 36.5 Å². The van der Waals surface area contributed by atoms with Crippen molar-refractivity contribution >= 4 is 0 Å². The number of ether oxygens (including phenoxy) is 2. The molecule has 0 aromatic heterocycles. The molecule has 0 saturated carbocycles. The van der Waals surface area contributed by atoms with Gasteiger partial charge in [0.15, 0.2) is 5.79 Å². The number of rotatable bonds is 3. The van der Waals surface area contributed by atoms with Gasteiger partial charge in [-0.15, -0.1) is 0 Å². The molecule has 0 amide bonds. The van der Waals surface area contributed by atoms with Gasteiger partial charge in [0.1, 0.15) is 6.10 Å². The number of nitriles is 1. The van der Waals surface area contributed by atoms with Gasteiger partial charge in [0, 0.05) is 6.08 Å². The minimum Gasteiger partial charge on any atom is -0.345 e. The Balaban J connectivity index is 2.44. The minimum atomic E-state index is -0.501. The molecule has 0 aromatic carbocycles. The third kappa shape index (κ3) is 4.01. The molecule has 1 saturated heterocycles. The van der Waals surface area contributed by atoms with Crippen LogP contribution in [0.4, 0.5) is 0 Å². The highest BCUT2D eigenvalue weighted by molar-refractivity contribution is 5.16. The summed E-state index contributed by atoms with van der Waals surface area (Å²) >= 11 is 0. The Labute approximate surface area is 96.7 Å². The van der Waals surface area contributed by atoms with Gasteiger partial charge in [0.2, 0.25) is 0 Å². The highest BCUT2D eigenvalue weighted by Crippen LogP contribution is 2.28. The van der Waals surface area contributed by atoms with Crippen LogP contribution in [0.3, 0.4) is 0 Å². The second kappa shape index (κ2) is 5.64. The van der Waals surface area contributed by atoms with Crippen LogP contribution in [0.15, 0.2) is 36.5 Å². The fourth-order valence-corrected chi connectivity index (χ4v) is 1.56. The molecular weight excluding hydrogens is 202 g/mol. The van der Waals surface area contributed by atoms with Gasteiger partial charge in [0.25, 0.3) is 0 Å². The number of allylic oxidation sites excluding steroid dienone is 5. The van der Waals surface area contributed by atoms with Crippen LogP contribution >= 0.6 is 0 Å². The maximum atomic E-state index is 8.26. The molecule has 1 aliphatic heterocycles. The van der Waals surface area contributed by atoms with E-state index in [1.165, 1.54) is 6.08 Å². The fraction of sp³-hybridized carbons (Fsp3) is 0.462. The molecule has 16 heavy (non-hydrogen) atoms. The van der Waals surface area contributed by atoms with E-state index in [1.807, 2.05) is 45.1 Å². The molecule has 0 radical (unpaired) electrons. The molecule has 0 aliphatic carbocycles. The lowest BCUT2D eigenvalue weighted by Gasteiger charge is -2.15. The largest absolute Gasteiger partial charge is 0.345 e. The van der Waals surface area contributed by atoms with Gasteiger partial charge in [0.05, 0.1) is 12.2 Å². The summed E-state index contributed by atoms with van der Waals surface area (Å²) in [5.74, 6) is -0.501. The maximum absolute atomic E-state index is 8.26. The average Bonchev–Trinajstić information content (AvgIpc) is 2.45. The van der Waals surface area contributed by atoms with Crippen LogP contribution in [0.5, 0.6) is 0 Å². The zero-order valence-electron chi connectivity index (χ0n) is 9.88. The topological polar surface area (TPSA) is 42.2 Å². The first-order valence-corrected chi connectivity index (χ1v) is 5.30. The van der Waals surface area contributed by atoms with E-state index >= 15 is 0 Å². The Morgan fingerprint density at radius 2 is 1.81 bits per heavy atom. The monoisotopic (exact) mass is 219 g/mol. The lowest BCUT2D eigenvalue weighted by molar-refractivity contribution is -0.141. The standard InChI is InChI=1S/C13H17NO2/c1-11-12(16-13(2,3)15-11)9-7-5-4-6-8-10-14/h4-9,11-12H,1-3H3/b5-4+,8-6+,9-7+/t11-,12+/m1/s1. The summed E-state index contributed by atoms with van der Waals surface area (Å²) in [4.78, 5) is 0. The van der Waals surface area contributed by atoms with E-state index in [4.69, 9.17) is 14.7 Å². The summed E-state index contributed by atoms with van der Waals surface area (Å²) in [5, 5.41) is 8.26. The first-order chi connectivity index (χ1) is 7.55. The van der Waals surface area contributed by atoms with E-state index < -0.39 is 5.79 Å². The van der Waals surface area contributed by atoms with Crippen molar-refractivity contribution in [2.75, 3.05) is 0 Å². The molecular formula is C13H17NO2. The molecule has 0 bridgehead atoms. The average molecular weight is 219 g/mol. The molecule has 86 valence electrons. The third-order valence-electron chi connectivity index (χ3n) is 2.16. The van der Waals surface area contributed by atoms with Crippen molar-refractivity contribution in [2.24, 2.45) is 0 Å². The van der Waals surface area contributed by atoms with E-state index in [2.05, 4.69) is 0 Å². The molecule has 1 aliphatic rings. The SMILES string of the molecule is C[C@H]1OC(C)(C)O[C@H]1/C=C/C=C/C=C/C#N. The van der Waals surface area contributed by atoms with Crippen molar-refractivity contribution in [3.8, 4) is 6.07 Å². The molecule has 0 aromatic rings. The zero-order chi connectivity index (χ0) is 12.0. The normalized spacial score (nSPS) is 29.4. The molecule has 1 heterocycles. The maximum Gasteiger partial charge on any atom is 0.164 e. The quantitative estimate of drug-likeness (QED) is 0.541. The fourth-order valence-electron chi connectivity index (χ4n) is 1.56. The Bertz CT molecular complexity index is 347. The number of hydrogen-bond acceptors (Lipinski definition) is 3. The van der Waals surface area contributed by atoms with Crippen LogP contribution in [-0.2, 0) is 9.47 Å². The third-order valence-corrected chi connectivity index (χ3v) is 2.16. The van der Waals surface area contributed by atoms with Crippen molar-refractivity contribution in [3.63, 3.8) is 0 Å². The minimum absolute atomic E-state index is 0.0143. The van der Waals surface area contributed by atoms with Gasteiger partial charge in [-0.05, 0) is 20.8 Å². The lowest BCUT2D eigenvalue weighted by atomic mass is 10.2. The predicted octanol–water partition coefficient (Wildman–Crippen LogP) is 2.72. The highest BCUT2D eigenvalue weighted by atomic mass is 16.7. The molecule has 2 atom stereocenters. The zero-order valence-corrected chi connectivity index (χ0v) is 9.88. The molecule has 1 rings (SSSR count). The summed E-state index contributed by atoms with van der Waals surface area (Å²) in [7, 11) is 0. The van der Waals surface area contributed by atoms with Crippen molar-refractivity contribution in [2.45, 2.75) is 38.8 Å². The number of nitrogens with zero attached hydrogens (tertiary/aromatic N) is 1. The van der Waals surface area contributed by atoms with Gasteiger partial charge in [-0.2, -0.15) is 5.26 Å². The second-order valence-corrected chi connectivity index (χ2v) is 4.06. The first-order valence-electron chi connectivity index (χ1n) is 5.30. The lowest BCUT2D eigenvalue weighted by Crippen LogP contribution is -2.20. The number of hydrogen-bond donors (Lipinski definition) is 0. The van der Waals surface area contributed by atoms with Gasteiger partial charge < -0.3 is 9.47 Å². The van der Waals surface area contributed by atoms with Gasteiger partial charge in [-0.3, -0.25) is 0 Å². The van der Waals surface area contributed by atoms with Crippen LogP contribution in [0.2, 0.25) is 0 Å². The van der Waals surface area contributed by atoms with Crippen LogP contribution in [0, 0.1) is 11.3 Å². The summed E-state index contributed by atoms with van der Waals surface area (Å²) in [6.45, 7) is 5.80. The van der Waals surface area contributed by atoms with Crippen LogP contribution in [0.25, 0.3) is 0 Å². The van der Waals surface area contributed by atoms with Crippen molar-refractivity contribution < 1.29 is 9.47 Å². The smallest absolute Gasteiger partial charge is 0.164 e. The molecule has 0 unspecified atom stereocenters. The van der Waals surface area contributed by atoms with Crippen LogP contribution in [-0.4, -0.2) is 18.0 Å². The van der Waals surface area contributed by atoms with E-state index in [0.717, 1.165) is 0 Å². The summed E-state index contributed by atoms with van der Waals surface area (Å²) in [6, 6.07) is 1.92. The van der Waals surface area contributed by atoms with Gasteiger partial charge in [-0.25, -0.2) is 0 Å². The predicted molar refractivity (Wildman–Crippen MR) is 62.5 cm³/mol. The molecule has 3 nitrogen and oxygen atoms in total. The Morgan fingerprint density at radius 3 is 2.38 bits per heavy atom.